The van der Waals surface area contributed by atoms with Crippen LogP contribution in [0.3, 0.4) is 0 Å². The second-order valence-corrected chi connectivity index (χ2v) is 6.79. The first-order chi connectivity index (χ1) is 9.35. The largest absolute Gasteiger partial charge is 0.329 e. The van der Waals surface area contributed by atoms with Gasteiger partial charge in [-0.3, -0.25) is 10.1 Å². The summed E-state index contributed by atoms with van der Waals surface area (Å²) >= 11 is 5.73. The highest BCUT2D eigenvalue weighted by Gasteiger charge is 2.35. The lowest BCUT2D eigenvalue weighted by Gasteiger charge is -2.16. The lowest BCUT2D eigenvalue weighted by atomic mass is 10.2. The average molecular weight is 320 g/mol. The van der Waals surface area contributed by atoms with Crippen LogP contribution in [0.5, 0.6) is 0 Å². The molecule has 3 N–H and O–H groups in total. The molecule has 1 aliphatic carbocycles. The van der Waals surface area contributed by atoms with E-state index >= 15 is 0 Å². The van der Waals surface area contributed by atoms with Crippen LogP contribution >= 0.6 is 11.6 Å². The molecule has 0 bridgehead atoms. The van der Waals surface area contributed by atoms with Gasteiger partial charge in [0.15, 0.2) is 4.90 Å². The third-order valence-corrected chi connectivity index (χ3v) is 4.91. The quantitative estimate of drug-likeness (QED) is 0.605. The summed E-state index contributed by atoms with van der Waals surface area (Å²) in [5.41, 5.74) is 5.03. The first-order valence-electron chi connectivity index (χ1n) is 6.01. The molecule has 0 unspecified atom stereocenters. The zero-order chi connectivity index (χ0) is 14.9. The summed E-state index contributed by atoms with van der Waals surface area (Å²) < 4.78 is 27.0. The van der Waals surface area contributed by atoms with Crippen molar-refractivity contribution in [3.8, 4) is 0 Å². The van der Waals surface area contributed by atoms with Gasteiger partial charge in [0.05, 0.1) is 4.92 Å². The van der Waals surface area contributed by atoms with Gasteiger partial charge in [0.25, 0.3) is 5.69 Å². The molecule has 1 aromatic rings. The van der Waals surface area contributed by atoms with Crippen LogP contribution in [0.1, 0.15) is 12.8 Å². The van der Waals surface area contributed by atoms with E-state index in [0.717, 1.165) is 25.0 Å². The molecular formula is C11H14ClN3O4S. The fourth-order valence-corrected chi connectivity index (χ4v) is 3.70. The third kappa shape index (κ3) is 3.26. The summed E-state index contributed by atoms with van der Waals surface area (Å²) in [5, 5.41) is 11.0. The number of nitrogens with two attached hydrogens (primary N) is 1. The van der Waals surface area contributed by atoms with Crippen LogP contribution in [0.15, 0.2) is 23.1 Å². The van der Waals surface area contributed by atoms with Crippen molar-refractivity contribution in [1.82, 2.24) is 4.72 Å². The van der Waals surface area contributed by atoms with E-state index in [1.807, 2.05) is 0 Å². The predicted molar refractivity (Wildman–Crippen MR) is 74.0 cm³/mol. The molecule has 0 radical (unpaired) electrons. The number of nitro groups is 1. The second kappa shape index (κ2) is 5.65. The molecule has 0 aliphatic heterocycles. The lowest BCUT2D eigenvalue weighted by Crippen LogP contribution is -2.41. The van der Waals surface area contributed by atoms with Crippen molar-refractivity contribution in [2.75, 3.05) is 6.54 Å². The molecular weight excluding hydrogens is 306 g/mol. The Bertz CT molecular complexity index is 631. The van der Waals surface area contributed by atoms with E-state index in [9.17, 15) is 18.5 Å². The number of benzene rings is 1. The Kier molecular flexibility index (Phi) is 4.28. The molecule has 1 aliphatic rings. The molecule has 20 heavy (non-hydrogen) atoms. The molecule has 110 valence electrons. The third-order valence-electron chi connectivity index (χ3n) is 3.16. The van der Waals surface area contributed by atoms with Crippen LogP contribution in [0, 0.1) is 16.0 Å². The van der Waals surface area contributed by atoms with E-state index in [1.165, 1.54) is 6.07 Å². The molecule has 0 heterocycles. The van der Waals surface area contributed by atoms with Crippen LogP contribution < -0.4 is 10.5 Å². The molecule has 1 aromatic carbocycles. The maximum absolute atomic E-state index is 12.3. The smallest absolute Gasteiger partial charge is 0.289 e. The Morgan fingerprint density at radius 1 is 1.50 bits per heavy atom. The van der Waals surface area contributed by atoms with E-state index in [0.29, 0.717) is 0 Å². The normalized spacial score (nSPS) is 16.9. The van der Waals surface area contributed by atoms with Gasteiger partial charge in [-0.15, -0.1) is 0 Å². The summed E-state index contributed by atoms with van der Waals surface area (Å²) in [6.45, 7) is 0.151. The van der Waals surface area contributed by atoms with Gasteiger partial charge in [0.2, 0.25) is 10.0 Å². The zero-order valence-electron chi connectivity index (χ0n) is 10.5. The van der Waals surface area contributed by atoms with Crippen molar-refractivity contribution in [1.29, 1.82) is 0 Å². The lowest BCUT2D eigenvalue weighted by molar-refractivity contribution is -0.387. The first-order valence-corrected chi connectivity index (χ1v) is 7.87. The Morgan fingerprint density at radius 2 is 2.15 bits per heavy atom. The number of halogens is 1. The summed E-state index contributed by atoms with van der Waals surface area (Å²) in [7, 11) is -4.03. The van der Waals surface area contributed by atoms with Gasteiger partial charge in [-0.2, -0.15) is 0 Å². The van der Waals surface area contributed by atoms with Crippen molar-refractivity contribution in [3.05, 3.63) is 33.3 Å². The summed E-state index contributed by atoms with van der Waals surface area (Å²) in [4.78, 5) is 9.74. The van der Waals surface area contributed by atoms with E-state index in [2.05, 4.69) is 4.72 Å². The SMILES string of the molecule is NC[C@H](NS(=O)(=O)c1cc(Cl)ccc1[N+](=O)[O-])C1CC1. The van der Waals surface area contributed by atoms with Gasteiger partial charge in [-0.25, -0.2) is 13.1 Å². The molecule has 9 heteroatoms. The van der Waals surface area contributed by atoms with Crippen molar-refractivity contribution < 1.29 is 13.3 Å². The summed E-state index contributed by atoms with van der Waals surface area (Å²) in [5.74, 6) is 0.202. The maximum Gasteiger partial charge on any atom is 0.289 e. The monoisotopic (exact) mass is 319 g/mol. The highest BCUT2D eigenvalue weighted by atomic mass is 35.5. The maximum atomic E-state index is 12.3. The number of hydrogen-bond acceptors (Lipinski definition) is 5. The van der Waals surface area contributed by atoms with Gasteiger partial charge >= 0.3 is 0 Å². The van der Waals surface area contributed by atoms with Crippen LogP contribution in [0.4, 0.5) is 5.69 Å². The fourth-order valence-electron chi connectivity index (χ4n) is 1.95. The molecule has 0 aromatic heterocycles. The molecule has 1 atom stereocenters. The average Bonchev–Trinajstić information content (AvgIpc) is 3.19. The van der Waals surface area contributed by atoms with Gasteiger partial charge < -0.3 is 5.73 Å². The first kappa shape index (κ1) is 15.2. The van der Waals surface area contributed by atoms with E-state index < -0.39 is 31.6 Å². The van der Waals surface area contributed by atoms with E-state index in [4.69, 9.17) is 17.3 Å². The Balaban J connectivity index is 2.37. The summed E-state index contributed by atoms with van der Waals surface area (Å²) in [6, 6.07) is 3.02. The minimum atomic E-state index is -4.03. The molecule has 0 amide bonds. The highest BCUT2D eigenvalue weighted by Crippen LogP contribution is 2.34. The second-order valence-electron chi connectivity index (χ2n) is 4.67. The van der Waals surface area contributed by atoms with Gasteiger partial charge in [0, 0.05) is 23.7 Å². The molecule has 1 saturated carbocycles. The number of nitrogens with one attached hydrogen (secondary N) is 1. The molecule has 1 fully saturated rings. The minimum absolute atomic E-state index is 0.117. The van der Waals surface area contributed by atoms with Crippen LogP contribution in [0.2, 0.25) is 5.02 Å². The fraction of sp³-hybridized carbons (Fsp3) is 0.455. The molecule has 0 spiro atoms. The topological polar surface area (TPSA) is 115 Å². The molecule has 0 saturated heterocycles. The van der Waals surface area contributed by atoms with Gasteiger partial charge in [-0.05, 0) is 30.9 Å². The van der Waals surface area contributed by atoms with E-state index in [-0.39, 0.29) is 17.5 Å². The molecule has 2 rings (SSSR count). The number of nitro benzene ring substituents is 1. The van der Waals surface area contributed by atoms with Crippen molar-refractivity contribution in [3.63, 3.8) is 0 Å². The number of sulfonamides is 1. The Labute approximate surface area is 121 Å². The predicted octanol–water partition coefficient (Wildman–Crippen LogP) is 1.26. The molecule has 7 nitrogen and oxygen atoms in total. The van der Waals surface area contributed by atoms with E-state index in [1.54, 1.807) is 0 Å². The highest BCUT2D eigenvalue weighted by molar-refractivity contribution is 7.89. The minimum Gasteiger partial charge on any atom is -0.329 e. The standard InChI is InChI=1S/C11H14ClN3O4S/c12-8-3-4-10(15(16)17)11(5-8)20(18,19)14-9(6-13)7-1-2-7/h3-5,7,9,14H,1-2,6,13H2/t9-/m0/s1. The number of rotatable bonds is 6. The van der Waals surface area contributed by atoms with Gasteiger partial charge in [-0.1, -0.05) is 11.6 Å². The number of nitrogens with zero attached hydrogens (tertiary/aromatic N) is 1. The van der Waals surface area contributed by atoms with Gasteiger partial charge in [0.1, 0.15) is 0 Å². The Hall–Kier alpha value is -1.22. The summed E-state index contributed by atoms with van der Waals surface area (Å²) in [6.07, 6.45) is 1.81. The van der Waals surface area contributed by atoms with Crippen molar-refractivity contribution >= 4 is 27.3 Å². The van der Waals surface area contributed by atoms with Crippen LogP contribution in [0.25, 0.3) is 0 Å². The zero-order valence-corrected chi connectivity index (χ0v) is 12.0. The van der Waals surface area contributed by atoms with Crippen LogP contribution in [-0.4, -0.2) is 25.9 Å². The van der Waals surface area contributed by atoms with Crippen molar-refractivity contribution in [2.24, 2.45) is 11.7 Å². The van der Waals surface area contributed by atoms with Crippen LogP contribution in [-0.2, 0) is 10.0 Å². The van der Waals surface area contributed by atoms with Crippen molar-refractivity contribution in [2.45, 2.75) is 23.8 Å². The Morgan fingerprint density at radius 3 is 2.65 bits per heavy atom. The number of hydrogen-bond donors (Lipinski definition) is 2.